The third-order valence-corrected chi connectivity index (χ3v) is 8.65. The molecule has 0 fully saturated rings. The van der Waals surface area contributed by atoms with Crippen molar-refractivity contribution < 1.29 is 30.6 Å². The predicted octanol–water partition coefficient (Wildman–Crippen LogP) is 10.4. The fourth-order valence-corrected chi connectivity index (χ4v) is 6.79. The standard InChI is InChI=1S/C32H24O7P2/c1-33-31-20-10-11-22(21-34-40-35-27-16-6-2-12-23(27)24-13-3-7-17-28(24)36-40)32(31)39-41-37-29-18-8-4-14-25(29)26-15-5-9-19-30(26)38-41/h2-20H,21H2,1H3. The summed E-state index contributed by atoms with van der Waals surface area (Å²) in [4.78, 5) is 0. The van der Waals surface area contributed by atoms with Crippen LogP contribution < -0.4 is 13.8 Å². The summed E-state index contributed by atoms with van der Waals surface area (Å²) in [6, 6.07) is 36.9. The quantitative estimate of drug-likeness (QED) is 0.193. The van der Waals surface area contributed by atoms with E-state index in [1.807, 2.05) is 115 Å². The van der Waals surface area contributed by atoms with Gasteiger partial charge in [-0.25, -0.2) is 0 Å². The molecule has 0 radical (unpaired) electrons. The maximum absolute atomic E-state index is 6.42. The van der Waals surface area contributed by atoms with E-state index in [9.17, 15) is 0 Å². The van der Waals surface area contributed by atoms with E-state index in [2.05, 4.69) is 0 Å². The number of ether oxygens (including phenoxy) is 1. The molecular weight excluding hydrogens is 558 g/mol. The highest BCUT2D eigenvalue weighted by Gasteiger charge is 2.17. The molecule has 0 aliphatic carbocycles. The number of benzene rings is 5. The first-order chi connectivity index (χ1) is 20.3. The minimum absolute atomic E-state index is 0.138. The van der Waals surface area contributed by atoms with Gasteiger partial charge in [0.05, 0.1) is 13.7 Å². The number of hydrogen-bond donors (Lipinski definition) is 0. The monoisotopic (exact) mass is 582 g/mol. The van der Waals surface area contributed by atoms with Gasteiger partial charge < -0.3 is 26.0 Å². The molecule has 2 aromatic heterocycles. The van der Waals surface area contributed by atoms with Gasteiger partial charge in [-0.05, 0) is 30.3 Å². The zero-order valence-corrected chi connectivity index (χ0v) is 23.7. The van der Waals surface area contributed by atoms with Crippen molar-refractivity contribution in [1.29, 1.82) is 0 Å². The molecule has 41 heavy (non-hydrogen) atoms. The van der Waals surface area contributed by atoms with Gasteiger partial charge in [-0.15, -0.1) is 0 Å². The van der Waals surface area contributed by atoms with Gasteiger partial charge in [-0.2, -0.15) is 0 Å². The van der Waals surface area contributed by atoms with Crippen LogP contribution in [0.25, 0.3) is 43.9 Å². The Morgan fingerprint density at radius 3 is 1.41 bits per heavy atom. The lowest BCUT2D eigenvalue weighted by Gasteiger charge is -2.12. The Kier molecular flexibility index (Phi) is 6.91. The fraction of sp³-hybridized carbons (Fsp3) is 0.0625. The first-order valence-corrected chi connectivity index (χ1v) is 15.1. The summed E-state index contributed by atoms with van der Waals surface area (Å²) in [5.41, 5.74) is 3.48. The Bertz CT molecular complexity index is 1980. The van der Waals surface area contributed by atoms with Gasteiger partial charge in [-0.1, -0.05) is 84.9 Å². The molecule has 7 rings (SSSR count). The molecule has 0 saturated carbocycles. The molecule has 2 heterocycles. The van der Waals surface area contributed by atoms with E-state index in [0.717, 1.165) is 27.1 Å². The highest BCUT2D eigenvalue weighted by atomic mass is 31.1. The fourth-order valence-electron chi connectivity index (χ4n) is 4.66. The summed E-state index contributed by atoms with van der Waals surface area (Å²) in [5.74, 6) is 0.987. The molecule has 5 aromatic carbocycles. The van der Waals surface area contributed by atoms with Crippen molar-refractivity contribution in [2.24, 2.45) is 0 Å². The molecule has 204 valence electrons. The van der Waals surface area contributed by atoms with Gasteiger partial charge in [0, 0.05) is 27.1 Å². The SMILES string of the molecule is COc1cccc(COp2oc3ccccc3c3ccccc3o2)c1Op1oc2ccccc2c2ccccc2o1. The molecule has 0 amide bonds. The second-order valence-corrected chi connectivity index (χ2v) is 11.2. The number of methoxy groups -OCH3 is 1. The van der Waals surface area contributed by atoms with Gasteiger partial charge in [0.1, 0.15) is 22.3 Å². The number of rotatable bonds is 6. The van der Waals surface area contributed by atoms with Crippen molar-refractivity contribution in [3.63, 3.8) is 0 Å². The molecule has 7 aromatic rings. The van der Waals surface area contributed by atoms with Crippen LogP contribution in [0.1, 0.15) is 5.56 Å². The summed E-state index contributed by atoms with van der Waals surface area (Å²) in [6.45, 7) is 0.138. The Morgan fingerprint density at radius 2 is 0.951 bits per heavy atom. The topological polar surface area (TPSA) is 80.2 Å². The van der Waals surface area contributed by atoms with E-state index in [1.165, 1.54) is 0 Å². The largest absolute Gasteiger partial charge is 0.493 e. The molecule has 0 bridgehead atoms. The second kappa shape index (κ2) is 11.1. The maximum Gasteiger partial charge on any atom is 0.453 e. The van der Waals surface area contributed by atoms with Crippen molar-refractivity contribution in [1.82, 2.24) is 0 Å². The second-order valence-electron chi connectivity index (χ2n) is 9.11. The van der Waals surface area contributed by atoms with Gasteiger partial charge in [-0.3, -0.25) is 4.52 Å². The van der Waals surface area contributed by atoms with Crippen molar-refractivity contribution in [3.8, 4) is 11.5 Å². The third-order valence-electron chi connectivity index (χ3n) is 6.59. The van der Waals surface area contributed by atoms with Gasteiger partial charge in [0.15, 0.2) is 11.5 Å². The van der Waals surface area contributed by atoms with Crippen LogP contribution in [-0.2, 0) is 6.61 Å². The molecule has 0 aliphatic heterocycles. The minimum Gasteiger partial charge on any atom is -0.493 e. The zero-order chi connectivity index (χ0) is 27.6. The van der Waals surface area contributed by atoms with Crippen LogP contribution in [0.15, 0.2) is 132 Å². The molecule has 0 saturated heterocycles. The molecule has 9 heteroatoms. The first-order valence-electron chi connectivity index (χ1n) is 12.9. The van der Waals surface area contributed by atoms with E-state index in [0.29, 0.717) is 33.8 Å². The summed E-state index contributed by atoms with van der Waals surface area (Å²) < 4.78 is 43.3. The van der Waals surface area contributed by atoms with Crippen LogP contribution in [0.4, 0.5) is 0 Å². The van der Waals surface area contributed by atoms with Gasteiger partial charge in [0.25, 0.3) is 0 Å². The number of hydrogen-bond acceptors (Lipinski definition) is 7. The van der Waals surface area contributed by atoms with Crippen molar-refractivity contribution in [3.05, 3.63) is 121 Å². The Labute approximate surface area is 236 Å². The summed E-state index contributed by atoms with van der Waals surface area (Å²) in [7, 11) is -2.05. The zero-order valence-electron chi connectivity index (χ0n) is 21.9. The van der Waals surface area contributed by atoms with Crippen LogP contribution in [0, 0.1) is 0 Å². The highest BCUT2D eigenvalue weighted by Crippen LogP contribution is 2.43. The Morgan fingerprint density at radius 1 is 0.512 bits per heavy atom. The summed E-state index contributed by atoms with van der Waals surface area (Å²) in [5, 5.41) is 3.78. The van der Waals surface area contributed by atoms with Crippen LogP contribution in [-0.4, -0.2) is 7.11 Å². The number of fused-ring (bicyclic) bond motifs is 6. The van der Waals surface area contributed by atoms with E-state index >= 15 is 0 Å². The average molecular weight is 582 g/mol. The van der Waals surface area contributed by atoms with E-state index in [1.54, 1.807) is 7.11 Å². The van der Waals surface area contributed by atoms with E-state index < -0.39 is 16.5 Å². The van der Waals surface area contributed by atoms with Gasteiger partial charge in [0.2, 0.25) is 0 Å². The lowest BCUT2D eigenvalue weighted by Crippen LogP contribution is -1.98. The normalized spacial score (nSPS) is 11.2. The minimum atomic E-state index is -1.88. The molecular formula is C32H24O7P2. The van der Waals surface area contributed by atoms with Crippen LogP contribution >= 0.6 is 16.5 Å². The maximum atomic E-state index is 6.42. The Hall–Kier alpha value is -4.54. The van der Waals surface area contributed by atoms with Gasteiger partial charge >= 0.3 is 16.5 Å². The van der Waals surface area contributed by atoms with Crippen LogP contribution in [0.5, 0.6) is 11.5 Å². The average Bonchev–Trinajstić information content (AvgIpc) is 3.28. The van der Waals surface area contributed by atoms with Crippen LogP contribution in [0.2, 0.25) is 0 Å². The number of para-hydroxylation sites is 5. The molecule has 0 unspecified atom stereocenters. The van der Waals surface area contributed by atoms with E-state index in [4.69, 9.17) is 30.6 Å². The van der Waals surface area contributed by atoms with Crippen molar-refractivity contribution in [2.45, 2.75) is 6.61 Å². The molecule has 0 aliphatic rings. The smallest absolute Gasteiger partial charge is 0.453 e. The predicted molar refractivity (Wildman–Crippen MR) is 162 cm³/mol. The van der Waals surface area contributed by atoms with Crippen molar-refractivity contribution >= 4 is 60.4 Å². The molecule has 0 N–H and O–H groups in total. The molecule has 0 spiro atoms. The van der Waals surface area contributed by atoms with Crippen LogP contribution in [0.3, 0.4) is 0 Å². The summed E-state index contributed by atoms with van der Waals surface area (Å²) >= 11 is 0. The van der Waals surface area contributed by atoms with E-state index in [-0.39, 0.29) is 6.61 Å². The molecule has 0 atom stereocenters. The Balaban J connectivity index is 1.30. The third kappa shape index (κ3) is 5.07. The molecule has 7 nitrogen and oxygen atoms in total. The highest BCUT2D eigenvalue weighted by molar-refractivity contribution is 7.32. The summed E-state index contributed by atoms with van der Waals surface area (Å²) in [6.07, 6.45) is 0. The van der Waals surface area contributed by atoms with Crippen molar-refractivity contribution in [2.75, 3.05) is 7.11 Å². The lowest BCUT2D eigenvalue weighted by molar-refractivity contribution is 0.350. The first kappa shape index (κ1) is 25.4. The lowest BCUT2D eigenvalue weighted by atomic mass is 10.1.